The van der Waals surface area contributed by atoms with E-state index in [2.05, 4.69) is 97.9 Å². The van der Waals surface area contributed by atoms with E-state index in [0.717, 1.165) is 23.0 Å². The van der Waals surface area contributed by atoms with Crippen LogP contribution in [0.3, 0.4) is 0 Å². The van der Waals surface area contributed by atoms with Crippen LogP contribution >= 0.6 is 0 Å². The lowest BCUT2D eigenvalue weighted by Crippen LogP contribution is -2.33. The Morgan fingerprint density at radius 3 is 2.17 bits per heavy atom. The Balaban J connectivity index is 1.44. The van der Waals surface area contributed by atoms with Crippen molar-refractivity contribution in [1.29, 1.82) is 0 Å². The zero-order chi connectivity index (χ0) is 28.7. The van der Waals surface area contributed by atoms with Gasteiger partial charge in [-0.05, 0) is 70.5 Å². The van der Waals surface area contributed by atoms with Gasteiger partial charge in [0.05, 0.1) is 17.1 Å². The summed E-state index contributed by atoms with van der Waals surface area (Å²) in [5, 5.41) is 3.51. The molecule has 5 aromatic carbocycles. The number of rotatable bonds is 7. The Hall–Kier alpha value is -4.76. The van der Waals surface area contributed by atoms with E-state index in [4.69, 9.17) is 9.72 Å². The second-order valence-electron chi connectivity index (χ2n) is 11.7. The van der Waals surface area contributed by atoms with Crippen LogP contribution in [0, 0.1) is 5.92 Å². The fourth-order valence-corrected chi connectivity index (χ4v) is 7.00. The first kappa shape index (κ1) is 26.2. The van der Waals surface area contributed by atoms with E-state index in [9.17, 15) is 4.79 Å². The molecule has 3 nitrogen and oxygen atoms in total. The van der Waals surface area contributed by atoms with E-state index in [1.165, 1.54) is 33.0 Å². The summed E-state index contributed by atoms with van der Waals surface area (Å²) in [6.07, 6.45) is 1.46. The molecule has 3 atom stereocenters. The largest absolute Gasteiger partial charge is 0.426 e. The first-order valence-corrected chi connectivity index (χ1v) is 14.8. The van der Waals surface area contributed by atoms with Crippen molar-refractivity contribution in [1.82, 2.24) is 4.98 Å². The smallest absolute Gasteiger partial charge is 0.314 e. The third-order valence-corrected chi connectivity index (χ3v) is 8.96. The number of aromatic nitrogens is 1. The molecule has 0 saturated heterocycles. The maximum atomic E-state index is 13.6. The predicted octanol–water partition coefficient (Wildman–Crippen LogP) is 9.48. The van der Waals surface area contributed by atoms with Crippen LogP contribution in [0.2, 0.25) is 0 Å². The number of carbonyl (C=O) groups excluding carboxylic acids is 1. The van der Waals surface area contributed by atoms with Crippen molar-refractivity contribution in [2.24, 2.45) is 5.92 Å². The summed E-state index contributed by atoms with van der Waals surface area (Å²) in [5.74, 6) is 0.273. The van der Waals surface area contributed by atoms with Crippen LogP contribution in [0.25, 0.3) is 32.9 Å². The van der Waals surface area contributed by atoms with Gasteiger partial charge >= 0.3 is 5.97 Å². The highest BCUT2D eigenvalue weighted by molar-refractivity contribution is 6.03. The van der Waals surface area contributed by atoms with Crippen molar-refractivity contribution in [3.05, 3.63) is 144 Å². The van der Waals surface area contributed by atoms with Gasteiger partial charge in [0.2, 0.25) is 0 Å². The molecule has 0 N–H and O–H groups in total. The molecule has 0 saturated carbocycles. The summed E-state index contributed by atoms with van der Waals surface area (Å²) in [6.45, 7) is 4.31. The summed E-state index contributed by atoms with van der Waals surface area (Å²) >= 11 is 0. The van der Waals surface area contributed by atoms with Gasteiger partial charge < -0.3 is 4.74 Å². The maximum absolute atomic E-state index is 13.6. The van der Waals surface area contributed by atoms with Crippen molar-refractivity contribution >= 4 is 27.6 Å². The van der Waals surface area contributed by atoms with E-state index in [0.29, 0.717) is 12.2 Å². The summed E-state index contributed by atoms with van der Waals surface area (Å²) in [5.41, 5.74) is 6.52. The van der Waals surface area contributed by atoms with Gasteiger partial charge in [0, 0.05) is 16.4 Å². The number of fused-ring (bicyclic) bond motifs is 6. The zero-order valence-electron chi connectivity index (χ0n) is 24.0. The second-order valence-corrected chi connectivity index (χ2v) is 11.7. The van der Waals surface area contributed by atoms with E-state index in [1.807, 2.05) is 43.3 Å². The molecule has 206 valence electrons. The molecule has 3 unspecified atom stereocenters. The van der Waals surface area contributed by atoms with Crippen molar-refractivity contribution in [2.75, 3.05) is 0 Å². The molecular formula is C39H33NO2. The highest BCUT2D eigenvalue weighted by atomic mass is 16.5. The SMILES string of the molecule is CC(CC1(CC(C)c2ccccc2)c2cc3ccccc3nc2-c2c1ccc1ccccc21)C(=O)Oc1ccccc1. The molecule has 42 heavy (non-hydrogen) atoms. The van der Waals surface area contributed by atoms with E-state index >= 15 is 0 Å². The van der Waals surface area contributed by atoms with Gasteiger partial charge in [-0.25, -0.2) is 4.98 Å². The molecular weight excluding hydrogens is 514 g/mol. The van der Waals surface area contributed by atoms with Gasteiger partial charge in [0.1, 0.15) is 5.75 Å². The van der Waals surface area contributed by atoms with Crippen LogP contribution in [0.5, 0.6) is 5.75 Å². The number of pyridine rings is 1. The molecule has 0 amide bonds. The second kappa shape index (κ2) is 10.6. The number of ether oxygens (including phenoxy) is 1. The minimum atomic E-state index is -0.434. The number of nitrogens with zero attached hydrogens (tertiary/aromatic N) is 1. The monoisotopic (exact) mass is 547 g/mol. The molecule has 1 aromatic heterocycles. The lowest BCUT2D eigenvalue weighted by molar-refractivity contribution is -0.139. The molecule has 0 fully saturated rings. The fourth-order valence-electron chi connectivity index (χ4n) is 7.00. The molecule has 0 radical (unpaired) electrons. The van der Waals surface area contributed by atoms with E-state index in [1.54, 1.807) is 0 Å². The molecule has 7 rings (SSSR count). The minimum Gasteiger partial charge on any atom is -0.426 e. The third-order valence-electron chi connectivity index (χ3n) is 8.96. The van der Waals surface area contributed by atoms with E-state index in [-0.39, 0.29) is 17.8 Å². The quantitative estimate of drug-likeness (QED) is 0.148. The Kier molecular flexibility index (Phi) is 6.59. The molecule has 1 aliphatic carbocycles. The van der Waals surface area contributed by atoms with Gasteiger partial charge in [0.15, 0.2) is 0 Å². The fraction of sp³-hybridized carbons (Fsp3) is 0.179. The van der Waals surface area contributed by atoms with Crippen LogP contribution in [0.4, 0.5) is 0 Å². The summed E-state index contributed by atoms with van der Waals surface area (Å²) in [7, 11) is 0. The molecule has 1 aliphatic rings. The Labute approximate surface area is 246 Å². The number of hydrogen-bond donors (Lipinski definition) is 0. The van der Waals surface area contributed by atoms with Gasteiger partial charge in [-0.1, -0.05) is 117 Å². The summed E-state index contributed by atoms with van der Waals surface area (Å²) < 4.78 is 5.88. The van der Waals surface area contributed by atoms with Crippen LogP contribution in [-0.2, 0) is 10.2 Å². The number of carbonyl (C=O) groups is 1. The predicted molar refractivity (Wildman–Crippen MR) is 171 cm³/mol. The maximum Gasteiger partial charge on any atom is 0.314 e. The molecule has 0 aliphatic heterocycles. The minimum absolute atomic E-state index is 0.211. The third kappa shape index (κ3) is 4.46. The van der Waals surface area contributed by atoms with E-state index < -0.39 is 5.41 Å². The van der Waals surface area contributed by atoms with Crippen LogP contribution in [-0.4, -0.2) is 11.0 Å². The van der Waals surface area contributed by atoms with Gasteiger partial charge in [0.25, 0.3) is 0 Å². The first-order valence-electron chi connectivity index (χ1n) is 14.8. The van der Waals surface area contributed by atoms with Gasteiger partial charge in [-0.2, -0.15) is 0 Å². The standard InChI is InChI=1S/C39H33NO2/c1-26(28-13-5-3-6-14-28)24-39(25-27(2)38(41)42-31-17-7-4-8-18-31)33-22-21-29-15-9-11-19-32(29)36(33)37-34(39)23-30-16-10-12-20-35(30)40-37/h3-23,26-27H,24-25H2,1-2H3. The van der Waals surface area contributed by atoms with Crippen molar-refractivity contribution in [2.45, 2.75) is 38.0 Å². The number of para-hydroxylation sites is 2. The molecule has 1 heterocycles. The van der Waals surface area contributed by atoms with Crippen LogP contribution in [0.15, 0.2) is 127 Å². The van der Waals surface area contributed by atoms with Gasteiger partial charge in [-0.15, -0.1) is 0 Å². The highest BCUT2D eigenvalue weighted by Gasteiger charge is 2.47. The van der Waals surface area contributed by atoms with Gasteiger partial charge in [-0.3, -0.25) is 4.79 Å². The first-order chi connectivity index (χ1) is 20.5. The average molecular weight is 548 g/mol. The normalized spacial score (nSPS) is 17.0. The Morgan fingerprint density at radius 1 is 0.714 bits per heavy atom. The number of benzene rings is 5. The lowest BCUT2D eigenvalue weighted by atomic mass is 9.66. The zero-order valence-corrected chi connectivity index (χ0v) is 24.0. The van der Waals surface area contributed by atoms with Crippen LogP contribution < -0.4 is 4.74 Å². The van der Waals surface area contributed by atoms with Crippen molar-refractivity contribution < 1.29 is 9.53 Å². The van der Waals surface area contributed by atoms with Crippen molar-refractivity contribution in [3.8, 4) is 17.0 Å². The molecule has 0 bridgehead atoms. The van der Waals surface area contributed by atoms with Crippen molar-refractivity contribution in [3.63, 3.8) is 0 Å². The molecule has 3 heteroatoms. The number of hydrogen-bond acceptors (Lipinski definition) is 3. The number of esters is 1. The lowest BCUT2D eigenvalue weighted by Gasteiger charge is -2.36. The highest BCUT2D eigenvalue weighted by Crippen LogP contribution is 2.57. The average Bonchev–Trinajstić information content (AvgIpc) is 3.29. The summed E-state index contributed by atoms with van der Waals surface area (Å²) in [6, 6.07) is 43.9. The Bertz CT molecular complexity index is 1910. The molecule has 6 aromatic rings. The van der Waals surface area contributed by atoms with Crippen LogP contribution in [0.1, 0.15) is 49.3 Å². The Morgan fingerprint density at radius 2 is 1.38 bits per heavy atom. The molecule has 0 spiro atoms. The topological polar surface area (TPSA) is 39.2 Å². The summed E-state index contributed by atoms with van der Waals surface area (Å²) in [4.78, 5) is 18.9.